The molecule has 2 aliphatic rings. The number of amides is 1. The molecule has 1 atom stereocenters. The standard InChI is InChI=1S/C19H19NO/c1-13-8-9-15(12-14(13)2)19-10-5-11-20(19)18(21)16-6-3-4-7-17(16)19/h3-4,6-9,12H,5,10-11H2,1-2H3. The van der Waals surface area contributed by atoms with E-state index in [1.165, 1.54) is 22.3 Å². The van der Waals surface area contributed by atoms with Gasteiger partial charge in [0.15, 0.2) is 0 Å². The summed E-state index contributed by atoms with van der Waals surface area (Å²) in [6.07, 6.45) is 2.10. The van der Waals surface area contributed by atoms with Crippen molar-refractivity contribution in [3.63, 3.8) is 0 Å². The first kappa shape index (κ1) is 12.6. The van der Waals surface area contributed by atoms with Crippen molar-refractivity contribution in [1.29, 1.82) is 0 Å². The molecule has 2 heterocycles. The van der Waals surface area contributed by atoms with E-state index in [1.54, 1.807) is 0 Å². The Balaban J connectivity index is 2.00. The normalized spacial score (nSPS) is 23.3. The van der Waals surface area contributed by atoms with Crippen LogP contribution in [0.1, 0.15) is 45.5 Å². The number of benzene rings is 2. The third kappa shape index (κ3) is 1.50. The zero-order valence-electron chi connectivity index (χ0n) is 12.5. The molecule has 0 radical (unpaired) electrons. The minimum absolute atomic E-state index is 0.196. The minimum Gasteiger partial charge on any atom is -0.325 e. The van der Waals surface area contributed by atoms with E-state index in [2.05, 4.69) is 49.1 Å². The van der Waals surface area contributed by atoms with E-state index in [1.807, 2.05) is 12.1 Å². The highest BCUT2D eigenvalue weighted by Gasteiger charge is 2.53. The lowest BCUT2D eigenvalue weighted by Crippen LogP contribution is -2.39. The van der Waals surface area contributed by atoms with Crippen molar-refractivity contribution in [2.45, 2.75) is 32.2 Å². The molecule has 2 aromatic rings. The first-order valence-electron chi connectivity index (χ1n) is 7.64. The van der Waals surface area contributed by atoms with Crippen LogP contribution in [0.25, 0.3) is 0 Å². The smallest absolute Gasteiger partial charge is 0.255 e. The van der Waals surface area contributed by atoms with Gasteiger partial charge in [0, 0.05) is 12.1 Å². The Hall–Kier alpha value is -2.09. The minimum atomic E-state index is -0.230. The molecule has 4 rings (SSSR count). The Morgan fingerprint density at radius 1 is 1.05 bits per heavy atom. The van der Waals surface area contributed by atoms with Gasteiger partial charge in [0.2, 0.25) is 0 Å². The lowest BCUT2D eigenvalue weighted by atomic mass is 9.80. The summed E-state index contributed by atoms with van der Waals surface area (Å²) in [5.41, 5.74) is 5.71. The van der Waals surface area contributed by atoms with Gasteiger partial charge in [-0.2, -0.15) is 0 Å². The van der Waals surface area contributed by atoms with Gasteiger partial charge >= 0.3 is 0 Å². The predicted molar refractivity (Wildman–Crippen MR) is 83.4 cm³/mol. The van der Waals surface area contributed by atoms with Crippen LogP contribution in [0.3, 0.4) is 0 Å². The van der Waals surface area contributed by atoms with Crippen LogP contribution in [0, 0.1) is 13.8 Å². The molecule has 1 saturated heterocycles. The number of nitrogens with zero attached hydrogens (tertiary/aromatic N) is 1. The average molecular weight is 277 g/mol. The fourth-order valence-electron chi connectivity index (χ4n) is 4.00. The highest BCUT2D eigenvalue weighted by Crippen LogP contribution is 2.50. The van der Waals surface area contributed by atoms with Gasteiger partial charge in [0.05, 0.1) is 5.54 Å². The number of carbonyl (C=O) groups is 1. The molecule has 0 aromatic heterocycles. The van der Waals surface area contributed by atoms with Crippen LogP contribution < -0.4 is 0 Å². The van der Waals surface area contributed by atoms with Crippen LogP contribution in [0.4, 0.5) is 0 Å². The number of fused-ring (bicyclic) bond motifs is 3. The van der Waals surface area contributed by atoms with Gasteiger partial charge < -0.3 is 4.90 Å². The number of aryl methyl sites for hydroxylation is 2. The van der Waals surface area contributed by atoms with Gasteiger partial charge in [-0.15, -0.1) is 0 Å². The lowest BCUT2D eigenvalue weighted by Gasteiger charge is -2.34. The molecule has 2 aliphatic heterocycles. The Morgan fingerprint density at radius 3 is 2.67 bits per heavy atom. The maximum absolute atomic E-state index is 12.7. The first-order valence-corrected chi connectivity index (χ1v) is 7.64. The molecule has 1 fully saturated rings. The Morgan fingerprint density at radius 2 is 1.86 bits per heavy atom. The maximum Gasteiger partial charge on any atom is 0.255 e. The summed E-state index contributed by atoms with van der Waals surface area (Å²) >= 11 is 0. The van der Waals surface area contributed by atoms with E-state index in [0.29, 0.717) is 0 Å². The molecule has 0 N–H and O–H groups in total. The summed E-state index contributed by atoms with van der Waals surface area (Å²) in [6.45, 7) is 5.15. The Labute approximate surface area is 125 Å². The second kappa shape index (κ2) is 4.20. The van der Waals surface area contributed by atoms with Crippen molar-refractivity contribution >= 4 is 5.91 Å². The van der Waals surface area contributed by atoms with Crippen molar-refractivity contribution in [2.75, 3.05) is 6.54 Å². The summed E-state index contributed by atoms with van der Waals surface area (Å²) < 4.78 is 0. The monoisotopic (exact) mass is 277 g/mol. The molecule has 21 heavy (non-hydrogen) atoms. The molecule has 0 spiro atoms. The SMILES string of the molecule is Cc1ccc(C23CCCN2C(=O)c2ccccc23)cc1C. The second-order valence-corrected chi connectivity index (χ2v) is 6.27. The third-order valence-corrected chi connectivity index (χ3v) is 5.21. The first-order chi connectivity index (χ1) is 10.1. The number of rotatable bonds is 1. The lowest BCUT2D eigenvalue weighted by molar-refractivity contribution is 0.0711. The van der Waals surface area contributed by atoms with Gasteiger partial charge in [0.1, 0.15) is 0 Å². The topological polar surface area (TPSA) is 20.3 Å². The number of hydrogen-bond acceptors (Lipinski definition) is 1. The fraction of sp³-hybridized carbons (Fsp3) is 0.316. The van der Waals surface area contributed by atoms with Gasteiger partial charge in [-0.25, -0.2) is 0 Å². The van der Waals surface area contributed by atoms with Crippen molar-refractivity contribution in [1.82, 2.24) is 4.90 Å². The van der Waals surface area contributed by atoms with Crippen LogP contribution in [0.5, 0.6) is 0 Å². The van der Waals surface area contributed by atoms with E-state index in [0.717, 1.165) is 24.9 Å². The fourth-order valence-corrected chi connectivity index (χ4v) is 4.00. The van der Waals surface area contributed by atoms with E-state index < -0.39 is 0 Å². The van der Waals surface area contributed by atoms with Gasteiger partial charge in [0.25, 0.3) is 5.91 Å². The summed E-state index contributed by atoms with van der Waals surface area (Å²) in [7, 11) is 0. The summed E-state index contributed by atoms with van der Waals surface area (Å²) in [5, 5.41) is 0. The maximum atomic E-state index is 12.7. The Kier molecular flexibility index (Phi) is 2.53. The average Bonchev–Trinajstić information content (AvgIpc) is 3.03. The van der Waals surface area contributed by atoms with Crippen LogP contribution >= 0.6 is 0 Å². The molecule has 0 bridgehead atoms. The largest absolute Gasteiger partial charge is 0.325 e. The van der Waals surface area contributed by atoms with Crippen molar-refractivity contribution < 1.29 is 4.79 Å². The summed E-state index contributed by atoms with van der Waals surface area (Å²) in [4.78, 5) is 14.8. The van der Waals surface area contributed by atoms with E-state index in [4.69, 9.17) is 0 Å². The molecule has 106 valence electrons. The predicted octanol–water partition coefficient (Wildman–Crippen LogP) is 3.80. The molecule has 0 aliphatic carbocycles. The van der Waals surface area contributed by atoms with E-state index >= 15 is 0 Å². The van der Waals surface area contributed by atoms with Crippen LogP contribution in [0.2, 0.25) is 0 Å². The Bertz CT molecular complexity index is 749. The molecule has 0 saturated carbocycles. The molecular weight excluding hydrogens is 258 g/mol. The molecule has 1 unspecified atom stereocenters. The van der Waals surface area contributed by atoms with Crippen molar-refractivity contribution in [2.24, 2.45) is 0 Å². The third-order valence-electron chi connectivity index (χ3n) is 5.21. The van der Waals surface area contributed by atoms with Crippen LogP contribution in [-0.4, -0.2) is 17.4 Å². The molecule has 2 heteroatoms. The van der Waals surface area contributed by atoms with E-state index in [-0.39, 0.29) is 11.4 Å². The number of hydrogen-bond donors (Lipinski definition) is 0. The zero-order valence-corrected chi connectivity index (χ0v) is 12.5. The molecular formula is C19H19NO. The van der Waals surface area contributed by atoms with Crippen LogP contribution in [-0.2, 0) is 5.54 Å². The van der Waals surface area contributed by atoms with Gasteiger partial charge in [-0.1, -0.05) is 36.4 Å². The van der Waals surface area contributed by atoms with Gasteiger partial charge in [-0.05, 0) is 55.0 Å². The van der Waals surface area contributed by atoms with Crippen molar-refractivity contribution in [3.05, 3.63) is 70.3 Å². The van der Waals surface area contributed by atoms with Crippen molar-refractivity contribution in [3.8, 4) is 0 Å². The molecule has 2 nitrogen and oxygen atoms in total. The van der Waals surface area contributed by atoms with Gasteiger partial charge in [-0.3, -0.25) is 4.79 Å². The summed E-state index contributed by atoms with van der Waals surface area (Å²) in [5.74, 6) is 0.196. The molecule has 1 amide bonds. The second-order valence-electron chi connectivity index (χ2n) is 6.27. The van der Waals surface area contributed by atoms with E-state index in [9.17, 15) is 4.79 Å². The summed E-state index contributed by atoms with van der Waals surface area (Å²) in [6, 6.07) is 14.8. The molecule has 2 aromatic carbocycles. The number of carbonyl (C=O) groups excluding carboxylic acids is 1. The van der Waals surface area contributed by atoms with Crippen LogP contribution in [0.15, 0.2) is 42.5 Å². The quantitative estimate of drug-likeness (QED) is 0.776. The zero-order chi connectivity index (χ0) is 14.6. The highest BCUT2D eigenvalue weighted by atomic mass is 16.2. The highest BCUT2D eigenvalue weighted by molar-refractivity contribution is 6.01.